The van der Waals surface area contributed by atoms with E-state index in [1.807, 2.05) is 0 Å². The summed E-state index contributed by atoms with van der Waals surface area (Å²) in [6, 6.07) is 8.58. The minimum atomic E-state index is -5.98. The van der Waals surface area contributed by atoms with Crippen molar-refractivity contribution in [2.45, 2.75) is 28.5 Å². The van der Waals surface area contributed by atoms with Gasteiger partial charge < -0.3 is 10.5 Å². The molecule has 3 unspecified atom stereocenters. The Morgan fingerprint density at radius 3 is 2.59 bits per heavy atom. The van der Waals surface area contributed by atoms with Crippen molar-refractivity contribution in [1.82, 2.24) is 10.2 Å². The lowest BCUT2D eigenvalue weighted by Gasteiger charge is -2.56. The van der Waals surface area contributed by atoms with E-state index >= 15 is 0 Å². The van der Waals surface area contributed by atoms with Gasteiger partial charge in [-0.05, 0) is 5.56 Å². The van der Waals surface area contributed by atoms with Gasteiger partial charge in [0.05, 0.1) is 0 Å². The van der Waals surface area contributed by atoms with Crippen molar-refractivity contribution in [1.29, 1.82) is 0 Å². The summed E-state index contributed by atoms with van der Waals surface area (Å²) >= 11 is 0.684. The first-order chi connectivity index (χ1) is 12.5. The van der Waals surface area contributed by atoms with E-state index in [0.29, 0.717) is 22.2 Å². The lowest BCUT2D eigenvalue weighted by molar-refractivity contribution is -0.169. The van der Waals surface area contributed by atoms with Crippen molar-refractivity contribution in [2.24, 2.45) is 5.73 Å². The van der Waals surface area contributed by atoms with Crippen molar-refractivity contribution in [3.63, 3.8) is 0 Å². The van der Waals surface area contributed by atoms with E-state index in [-0.39, 0.29) is 12.5 Å². The van der Waals surface area contributed by atoms with Crippen molar-refractivity contribution in [3.8, 4) is 0 Å². The van der Waals surface area contributed by atoms with Crippen LogP contribution < -0.4 is 11.1 Å². The zero-order valence-corrected chi connectivity index (χ0v) is 15.1. The van der Waals surface area contributed by atoms with Gasteiger partial charge in [0.1, 0.15) is 12.0 Å². The average Bonchev–Trinajstić information content (AvgIpc) is 2.64. The number of nitrogens with two attached hydrogens (primary N) is 1. The highest BCUT2D eigenvalue weighted by molar-refractivity contribution is 8.02. The minimum Gasteiger partial charge on any atom is -0.458 e. The third-order valence-electron chi connectivity index (χ3n) is 4.18. The summed E-state index contributed by atoms with van der Waals surface area (Å²) in [5.74, 6) is -2.53. The molecule has 2 saturated heterocycles. The Labute approximate surface area is 156 Å². The fourth-order valence-corrected chi connectivity index (χ4v) is 5.58. The quantitative estimate of drug-likeness (QED) is 0.515. The highest BCUT2D eigenvalue weighted by atomic mass is 32.2. The van der Waals surface area contributed by atoms with Crippen LogP contribution in [0.5, 0.6) is 0 Å². The Balaban J connectivity index is 1.77. The molecule has 8 nitrogen and oxygen atoms in total. The molecule has 0 saturated carbocycles. The molecular formula is C14H14F3N3O5S2. The highest BCUT2D eigenvalue weighted by Crippen LogP contribution is 2.47. The summed E-state index contributed by atoms with van der Waals surface area (Å²) in [6.45, 7) is -0.119. The number of alkyl halides is 3. The molecule has 148 valence electrons. The summed E-state index contributed by atoms with van der Waals surface area (Å²) in [7, 11) is -5.98. The Hall–Kier alpha value is -1.83. The smallest absolute Gasteiger partial charge is 0.458 e. The number of ether oxygens (including phenoxy) is 1. The van der Waals surface area contributed by atoms with E-state index in [1.165, 1.54) is 0 Å². The van der Waals surface area contributed by atoms with E-state index in [2.05, 4.69) is 5.32 Å². The molecule has 3 N–H and O–H groups in total. The molecule has 3 rings (SSSR count). The molecule has 2 aliphatic rings. The highest BCUT2D eigenvalue weighted by Gasteiger charge is 2.76. The first-order valence-corrected chi connectivity index (χ1v) is 10.0. The van der Waals surface area contributed by atoms with Crippen molar-refractivity contribution in [3.05, 3.63) is 35.9 Å². The molecule has 0 bridgehead atoms. The number of benzene rings is 1. The zero-order chi connectivity index (χ0) is 20.0. The molecule has 13 heteroatoms. The topological polar surface area (TPSA) is 119 Å². The summed E-state index contributed by atoms with van der Waals surface area (Å²) < 4.78 is 67.3. The van der Waals surface area contributed by atoms with Crippen LogP contribution in [0.25, 0.3) is 0 Å². The molecule has 27 heavy (non-hydrogen) atoms. The minimum absolute atomic E-state index is 0.0914. The normalized spacial score (nSPS) is 28.3. The maximum absolute atomic E-state index is 12.9. The molecule has 2 heterocycles. The Bertz CT molecular complexity index is 864. The number of thioether (sulfide) groups is 1. The van der Waals surface area contributed by atoms with Gasteiger partial charge in [0.15, 0.2) is 6.17 Å². The fraction of sp³-hybridized carbons (Fsp3) is 0.429. The number of amides is 1. The van der Waals surface area contributed by atoms with E-state index in [9.17, 15) is 31.2 Å². The first-order valence-electron chi connectivity index (χ1n) is 7.50. The standard InChI is InChI=1S/C14H14F3N3O5S2/c15-14(16,17)27(23,24)13(18)11(22)20-9(19-7-26-12(13)20)10(21)25-6-8-4-2-1-3-5-8/h1-5,9,12,19H,6-7,18H2. The van der Waals surface area contributed by atoms with Gasteiger partial charge in [-0.1, -0.05) is 30.3 Å². The number of hydrogen-bond donors (Lipinski definition) is 2. The second kappa shape index (κ2) is 6.65. The van der Waals surface area contributed by atoms with E-state index < -0.39 is 43.6 Å². The predicted octanol–water partition coefficient (Wildman–Crippen LogP) is 0.108. The second-order valence-electron chi connectivity index (χ2n) is 5.82. The molecule has 1 amide bonds. The van der Waals surface area contributed by atoms with Gasteiger partial charge in [-0.25, -0.2) is 13.2 Å². The van der Waals surface area contributed by atoms with E-state index in [1.54, 1.807) is 30.3 Å². The van der Waals surface area contributed by atoms with Crippen LogP contribution in [0.1, 0.15) is 5.56 Å². The number of nitrogens with zero attached hydrogens (tertiary/aromatic N) is 1. The van der Waals surface area contributed by atoms with Crippen LogP contribution in [-0.4, -0.2) is 53.0 Å². The summed E-state index contributed by atoms with van der Waals surface area (Å²) in [6.07, 6.45) is -1.42. The van der Waals surface area contributed by atoms with Crippen LogP contribution in [-0.2, 0) is 30.8 Å². The van der Waals surface area contributed by atoms with Gasteiger partial charge >= 0.3 is 11.5 Å². The fourth-order valence-electron chi connectivity index (χ4n) is 2.76. The van der Waals surface area contributed by atoms with Gasteiger partial charge in [-0.2, -0.15) is 13.2 Å². The Morgan fingerprint density at radius 1 is 1.37 bits per heavy atom. The van der Waals surface area contributed by atoms with Crippen LogP contribution in [0.15, 0.2) is 30.3 Å². The largest absolute Gasteiger partial charge is 0.499 e. The average molecular weight is 425 g/mol. The number of halogens is 3. The van der Waals surface area contributed by atoms with Gasteiger partial charge in [0.25, 0.3) is 15.7 Å². The number of rotatable bonds is 4. The number of sulfone groups is 1. The first kappa shape index (κ1) is 19.9. The maximum atomic E-state index is 12.9. The third kappa shape index (κ3) is 2.98. The SMILES string of the molecule is NC1(S(=O)(=O)C(F)(F)F)C(=O)N2C(C(=O)OCc3ccccc3)NCSC21. The number of hydrogen-bond acceptors (Lipinski definition) is 8. The maximum Gasteiger partial charge on any atom is 0.499 e. The van der Waals surface area contributed by atoms with Crippen LogP contribution in [0, 0.1) is 0 Å². The number of carbonyl (C=O) groups is 2. The van der Waals surface area contributed by atoms with Crippen molar-refractivity contribution >= 4 is 33.5 Å². The molecule has 2 aliphatic heterocycles. The van der Waals surface area contributed by atoms with Crippen molar-refractivity contribution in [2.75, 3.05) is 5.88 Å². The molecule has 0 aliphatic carbocycles. The van der Waals surface area contributed by atoms with Gasteiger partial charge in [-0.3, -0.25) is 15.0 Å². The van der Waals surface area contributed by atoms with Crippen LogP contribution in [0.2, 0.25) is 0 Å². The van der Waals surface area contributed by atoms with Crippen LogP contribution in [0.3, 0.4) is 0 Å². The lowest BCUT2D eigenvalue weighted by atomic mass is 10.1. The lowest BCUT2D eigenvalue weighted by Crippen LogP contribution is -2.86. The van der Waals surface area contributed by atoms with Crippen molar-refractivity contribution < 1.29 is 35.9 Å². The molecule has 3 atom stereocenters. The molecule has 2 fully saturated rings. The van der Waals surface area contributed by atoms with Crippen LogP contribution in [0.4, 0.5) is 13.2 Å². The van der Waals surface area contributed by atoms with E-state index in [4.69, 9.17) is 10.5 Å². The number of β-lactam (4-membered cyclic amide) rings is 1. The van der Waals surface area contributed by atoms with Crippen LogP contribution >= 0.6 is 11.8 Å². The molecule has 0 aromatic heterocycles. The number of carbonyl (C=O) groups excluding carboxylic acids is 2. The third-order valence-corrected chi connectivity index (χ3v) is 7.47. The summed E-state index contributed by atoms with van der Waals surface area (Å²) in [5.41, 5.74) is 0.359. The second-order valence-corrected chi connectivity index (χ2v) is 9.03. The molecule has 0 spiro atoms. The Morgan fingerprint density at radius 2 is 2.00 bits per heavy atom. The number of fused-ring (bicyclic) bond motifs is 1. The van der Waals surface area contributed by atoms with Gasteiger partial charge in [0, 0.05) is 5.88 Å². The Kier molecular flexibility index (Phi) is 4.91. The molecule has 1 aromatic carbocycles. The van der Waals surface area contributed by atoms with E-state index in [0.717, 1.165) is 0 Å². The number of esters is 1. The monoisotopic (exact) mass is 425 g/mol. The van der Waals surface area contributed by atoms with Gasteiger partial charge in [0.2, 0.25) is 4.87 Å². The predicted molar refractivity (Wildman–Crippen MR) is 88.1 cm³/mol. The zero-order valence-electron chi connectivity index (χ0n) is 13.5. The summed E-state index contributed by atoms with van der Waals surface area (Å²) in [5, 5.41) is 1.04. The molecule has 0 radical (unpaired) electrons. The van der Waals surface area contributed by atoms with Gasteiger partial charge in [-0.15, -0.1) is 11.8 Å². The number of nitrogens with one attached hydrogen (secondary N) is 1. The molecule has 1 aromatic rings. The molecular weight excluding hydrogens is 411 g/mol. The summed E-state index contributed by atoms with van der Waals surface area (Å²) in [4.78, 5) is 22.0.